The molecule has 5 rings (SSSR count). The number of anilines is 1. The van der Waals surface area contributed by atoms with Crippen molar-refractivity contribution >= 4 is 29.1 Å². The highest BCUT2D eigenvalue weighted by Crippen LogP contribution is 2.56. The second kappa shape index (κ2) is 7.85. The highest BCUT2D eigenvalue weighted by molar-refractivity contribution is 6.10. The maximum absolute atomic E-state index is 13.3. The Morgan fingerprint density at radius 3 is 2.16 bits per heavy atom. The fraction of sp³-hybridized carbons (Fsp3) is 0.375. The number of hydrogen-bond donors (Lipinski definition) is 1. The summed E-state index contributed by atoms with van der Waals surface area (Å²) in [4.78, 5) is 51.6. The number of fused-ring (bicyclic) bond motifs is 5. The van der Waals surface area contributed by atoms with Gasteiger partial charge < -0.3 is 5.32 Å². The lowest BCUT2D eigenvalue weighted by Crippen LogP contribution is -2.49. The molecule has 2 saturated carbocycles. The number of carbonyl (C=O) groups is 3. The molecule has 164 valence electrons. The van der Waals surface area contributed by atoms with E-state index in [4.69, 9.17) is 0 Å². The number of imide groups is 1. The summed E-state index contributed by atoms with van der Waals surface area (Å²) in [5, 5.41) is 13.6. The van der Waals surface area contributed by atoms with Crippen molar-refractivity contribution in [3.8, 4) is 0 Å². The number of nitro benzene ring substituents is 1. The van der Waals surface area contributed by atoms with Crippen LogP contribution in [0.3, 0.4) is 0 Å². The Balaban J connectivity index is 1.43. The fourth-order valence-corrected chi connectivity index (χ4v) is 5.77. The van der Waals surface area contributed by atoms with E-state index in [1.807, 2.05) is 30.3 Å². The number of non-ortho nitro benzene ring substituents is 1. The van der Waals surface area contributed by atoms with Crippen LogP contribution in [0, 0.1) is 33.8 Å². The molecule has 3 aliphatic rings. The van der Waals surface area contributed by atoms with Crippen molar-refractivity contribution in [3.05, 3.63) is 70.3 Å². The maximum atomic E-state index is 13.3. The molecule has 0 radical (unpaired) electrons. The van der Waals surface area contributed by atoms with E-state index in [0.717, 1.165) is 24.8 Å². The standard InChI is InChI=1S/C24H23N3O5/c28-22(25-17-8-10-18(11-9-17)27(31)32)19(12-14-4-2-1-3-5-14)26-23(29)20-15-6-7-16(13-15)21(20)24(26)30/h1-5,8-11,15-16,19-21H,6-7,12-13H2,(H,25,28)/t15-,16+,19-,20-,21-/m0/s1. The minimum atomic E-state index is -0.974. The van der Waals surface area contributed by atoms with Gasteiger partial charge in [0.1, 0.15) is 6.04 Å². The summed E-state index contributed by atoms with van der Waals surface area (Å²) >= 11 is 0. The highest BCUT2D eigenvalue weighted by atomic mass is 16.6. The van der Waals surface area contributed by atoms with Gasteiger partial charge in [-0.15, -0.1) is 0 Å². The molecular weight excluding hydrogens is 410 g/mol. The predicted molar refractivity (Wildman–Crippen MR) is 115 cm³/mol. The molecule has 0 spiro atoms. The van der Waals surface area contributed by atoms with E-state index in [-0.39, 0.29) is 47.6 Å². The smallest absolute Gasteiger partial charge is 0.269 e. The zero-order valence-electron chi connectivity index (χ0n) is 17.3. The summed E-state index contributed by atoms with van der Waals surface area (Å²) < 4.78 is 0. The molecule has 1 saturated heterocycles. The van der Waals surface area contributed by atoms with Crippen molar-refractivity contribution in [2.24, 2.45) is 23.7 Å². The van der Waals surface area contributed by atoms with Crippen molar-refractivity contribution in [2.75, 3.05) is 5.32 Å². The average molecular weight is 433 g/mol. The summed E-state index contributed by atoms with van der Waals surface area (Å²) in [5.74, 6) is -1.06. The van der Waals surface area contributed by atoms with Crippen LogP contribution in [0.25, 0.3) is 0 Å². The van der Waals surface area contributed by atoms with Gasteiger partial charge in [0.15, 0.2) is 0 Å². The molecule has 2 aromatic rings. The topological polar surface area (TPSA) is 110 Å². The van der Waals surface area contributed by atoms with E-state index >= 15 is 0 Å². The van der Waals surface area contributed by atoms with E-state index in [1.165, 1.54) is 29.2 Å². The van der Waals surface area contributed by atoms with Crippen molar-refractivity contribution in [1.29, 1.82) is 0 Å². The minimum Gasteiger partial charge on any atom is -0.324 e. The molecular formula is C24H23N3O5. The Labute approximate surface area is 184 Å². The Kier molecular flexibility index (Phi) is 5.00. The molecule has 2 aromatic carbocycles. The summed E-state index contributed by atoms with van der Waals surface area (Å²) in [6, 6.07) is 13.8. The maximum Gasteiger partial charge on any atom is 0.269 e. The van der Waals surface area contributed by atoms with Gasteiger partial charge in [-0.25, -0.2) is 0 Å². The van der Waals surface area contributed by atoms with Crippen molar-refractivity contribution in [2.45, 2.75) is 31.7 Å². The molecule has 0 unspecified atom stereocenters. The molecule has 1 heterocycles. The monoisotopic (exact) mass is 433 g/mol. The van der Waals surface area contributed by atoms with Crippen LogP contribution >= 0.6 is 0 Å². The first-order chi connectivity index (χ1) is 15.4. The molecule has 8 heteroatoms. The third-order valence-corrected chi connectivity index (χ3v) is 7.19. The Morgan fingerprint density at radius 1 is 1.00 bits per heavy atom. The molecule has 0 aromatic heterocycles. The van der Waals surface area contributed by atoms with Gasteiger partial charge in [-0.05, 0) is 48.8 Å². The first kappa shape index (κ1) is 20.4. The number of nitrogens with zero attached hydrogens (tertiary/aromatic N) is 2. The minimum absolute atomic E-state index is 0.0861. The molecule has 3 fully saturated rings. The number of nitrogens with one attached hydrogen (secondary N) is 1. The largest absolute Gasteiger partial charge is 0.324 e. The molecule has 2 bridgehead atoms. The van der Waals surface area contributed by atoms with E-state index in [0.29, 0.717) is 5.69 Å². The summed E-state index contributed by atoms with van der Waals surface area (Å²) in [5.41, 5.74) is 1.13. The number of rotatable bonds is 6. The third-order valence-electron chi connectivity index (χ3n) is 7.19. The molecule has 2 aliphatic carbocycles. The molecule has 3 amide bonds. The fourth-order valence-electron chi connectivity index (χ4n) is 5.77. The number of carbonyl (C=O) groups excluding carboxylic acids is 3. The first-order valence-corrected chi connectivity index (χ1v) is 10.9. The van der Waals surface area contributed by atoms with Crippen molar-refractivity contribution in [1.82, 2.24) is 4.90 Å². The van der Waals surface area contributed by atoms with Crippen LogP contribution in [0.2, 0.25) is 0 Å². The zero-order chi connectivity index (χ0) is 22.4. The lowest BCUT2D eigenvalue weighted by Gasteiger charge is -2.27. The first-order valence-electron chi connectivity index (χ1n) is 10.9. The summed E-state index contributed by atoms with van der Waals surface area (Å²) in [6.45, 7) is 0. The molecule has 1 N–H and O–H groups in total. The van der Waals surface area contributed by atoms with Gasteiger partial charge in [0.2, 0.25) is 17.7 Å². The lowest BCUT2D eigenvalue weighted by molar-refractivity contribution is -0.384. The summed E-state index contributed by atoms with van der Waals surface area (Å²) in [6.07, 6.45) is 3.08. The number of nitro groups is 1. The second-order valence-electron chi connectivity index (χ2n) is 8.93. The Morgan fingerprint density at radius 2 is 1.59 bits per heavy atom. The van der Waals surface area contributed by atoms with Crippen LogP contribution in [0.5, 0.6) is 0 Å². The van der Waals surface area contributed by atoms with Crippen molar-refractivity contribution < 1.29 is 19.3 Å². The van der Waals surface area contributed by atoms with E-state index < -0.39 is 16.9 Å². The van der Waals surface area contributed by atoms with E-state index in [1.54, 1.807) is 0 Å². The van der Waals surface area contributed by atoms with Crippen molar-refractivity contribution in [3.63, 3.8) is 0 Å². The van der Waals surface area contributed by atoms with Crippen LogP contribution in [0.1, 0.15) is 24.8 Å². The van der Waals surface area contributed by atoms with Gasteiger partial charge >= 0.3 is 0 Å². The SMILES string of the molecule is O=C(Nc1ccc([N+](=O)[O-])cc1)[C@H](Cc1ccccc1)N1C(=O)[C@H]2[C@@H]3CC[C@@H](C3)[C@@H]2C1=O. The van der Waals surface area contributed by atoms with Crippen LogP contribution in [0.15, 0.2) is 54.6 Å². The third kappa shape index (κ3) is 3.36. The van der Waals surface area contributed by atoms with E-state index in [9.17, 15) is 24.5 Å². The number of likely N-dealkylation sites (tertiary alicyclic amines) is 1. The predicted octanol–water partition coefficient (Wildman–Crippen LogP) is 3.18. The van der Waals surface area contributed by atoms with Crippen LogP contribution in [0.4, 0.5) is 11.4 Å². The van der Waals surface area contributed by atoms with Gasteiger partial charge in [0.25, 0.3) is 5.69 Å². The van der Waals surface area contributed by atoms with Crippen LogP contribution in [-0.4, -0.2) is 33.6 Å². The molecule has 5 atom stereocenters. The lowest BCUT2D eigenvalue weighted by atomic mass is 9.81. The summed E-state index contributed by atoms with van der Waals surface area (Å²) in [7, 11) is 0. The van der Waals surface area contributed by atoms with Crippen LogP contribution in [-0.2, 0) is 20.8 Å². The molecule has 32 heavy (non-hydrogen) atoms. The van der Waals surface area contributed by atoms with Gasteiger partial charge in [0.05, 0.1) is 16.8 Å². The number of benzene rings is 2. The Bertz CT molecular complexity index is 1060. The van der Waals surface area contributed by atoms with Gasteiger partial charge in [-0.1, -0.05) is 30.3 Å². The molecule has 1 aliphatic heterocycles. The number of amides is 3. The van der Waals surface area contributed by atoms with Gasteiger partial charge in [0, 0.05) is 24.2 Å². The number of hydrogen-bond acceptors (Lipinski definition) is 5. The zero-order valence-corrected chi connectivity index (χ0v) is 17.3. The molecule has 8 nitrogen and oxygen atoms in total. The average Bonchev–Trinajstić information content (AvgIpc) is 3.47. The van der Waals surface area contributed by atoms with Crippen LogP contribution < -0.4 is 5.32 Å². The van der Waals surface area contributed by atoms with E-state index in [2.05, 4.69) is 5.32 Å². The second-order valence-corrected chi connectivity index (χ2v) is 8.93. The Hall–Kier alpha value is -3.55. The highest BCUT2D eigenvalue weighted by Gasteiger charge is 2.62. The quantitative estimate of drug-likeness (QED) is 0.427. The van der Waals surface area contributed by atoms with Gasteiger partial charge in [-0.2, -0.15) is 0 Å². The normalized spacial score (nSPS) is 26.8. The van der Waals surface area contributed by atoms with Gasteiger partial charge in [-0.3, -0.25) is 29.4 Å².